The van der Waals surface area contributed by atoms with Crippen LogP contribution in [0.15, 0.2) is 23.2 Å². The van der Waals surface area contributed by atoms with Gasteiger partial charge in [0.2, 0.25) is 10.0 Å². The zero-order valence-electron chi connectivity index (χ0n) is 14.6. The molecule has 0 aliphatic carbocycles. The molecule has 1 aliphatic rings. The molecule has 1 fully saturated rings. The van der Waals surface area contributed by atoms with Crippen LogP contribution in [0.3, 0.4) is 0 Å². The van der Waals surface area contributed by atoms with E-state index in [0.29, 0.717) is 19.1 Å². The molecule has 2 rings (SSSR count). The third-order valence-electron chi connectivity index (χ3n) is 4.43. The number of hydrogen-bond acceptors (Lipinski definition) is 5. The number of sulfonamides is 1. The predicted octanol–water partition coefficient (Wildman–Crippen LogP) is 1.64. The summed E-state index contributed by atoms with van der Waals surface area (Å²) in [7, 11) is -3.42. The topological polar surface area (TPSA) is 56.8 Å². The van der Waals surface area contributed by atoms with Crippen molar-refractivity contribution < 1.29 is 8.42 Å². The van der Waals surface area contributed by atoms with Gasteiger partial charge >= 0.3 is 0 Å². The van der Waals surface area contributed by atoms with Gasteiger partial charge in [-0.05, 0) is 26.0 Å². The van der Waals surface area contributed by atoms with Crippen LogP contribution in [-0.2, 0) is 10.0 Å². The van der Waals surface area contributed by atoms with Crippen molar-refractivity contribution in [2.24, 2.45) is 0 Å². The van der Waals surface area contributed by atoms with Gasteiger partial charge in [-0.3, -0.25) is 4.90 Å². The normalized spacial score (nSPS) is 17.2. The Labute approximate surface area is 140 Å². The highest BCUT2D eigenvalue weighted by Gasteiger charge is 2.23. The van der Waals surface area contributed by atoms with Gasteiger partial charge in [-0.2, -0.15) is 4.31 Å². The summed E-state index contributed by atoms with van der Waals surface area (Å²) in [5.41, 5.74) is 0. The van der Waals surface area contributed by atoms with Crippen LogP contribution in [0.4, 0.5) is 5.82 Å². The van der Waals surface area contributed by atoms with Crippen molar-refractivity contribution in [2.75, 3.05) is 44.2 Å². The fraction of sp³-hybridized carbons (Fsp3) is 0.688. The van der Waals surface area contributed by atoms with E-state index in [-0.39, 0.29) is 4.90 Å². The Hall–Kier alpha value is -1.18. The van der Waals surface area contributed by atoms with E-state index in [2.05, 4.69) is 28.6 Å². The van der Waals surface area contributed by atoms with E-state index < -0.39 is 10.0 Å². The summed E-state index contributed by atoms with van der Waals surface area (Å²) >= 11 is 0. The highest BCUT2D eigenvalue weighted by atomic mass is 32.2. The molecule has 1 aromatic rings. The molecule has 0 aromatic carbocycles. The highest BCUT2D eigenvalue weighted by molar-refractivity contribution is 7.89. The Morgan fingerprint density at radius 3 is 2.17 bits per heavy atom. The molecule has 0 unspecified atom stereocenters. The third-order valence-corrected chi connectivity index (χ3v) is 6.47. The average molecular weight is 340 g/mol. The lowest BCUT2D eigenvalue weighted by atomic mass is 10.2. The van der Waals surface area contributed by atoms with E-state index in [0.717, 1.165) is 32.0 Å². The van der Waals surface area contributed by atoms with Crippen LogP contribution in [0.5, 0.6) is 0 Å². The standard InChI is InChI=1S/C16H28N4O2S/c1-5-20(6-2)23(21,22)15-7-8-16(17-13-15)19-11-9-18(10-12-19)14(3)4/h7-8,13-14H,5-6,9-12H2,1-4H3. The molecule has 7 heteroatoms. The molecule has 0 spiro atoms. The van der Waals surface area contributed by atoms with Crippen molar-refractivity contribution >= 4 is 15.8 Å². The quantitative estimate of drug-likeness (QED) is 0.788. The van der Waals surface area contributed by atoms with Crippen LogP contribution >= 0.6 is 0 Å². The first-order chi connectivity index (χ1) is 10.9. The Morgan fingerprint density at radius 1 is 1.13 bits per heavy atom. The molecule has 0 amide bonds. The van der Waals surface area contributed by atoms with E-state index in [1.54, 1.807) is 6.07 Å². The second kappa shape index (κ2) is 7.59. The molecule has 0 radical (unpaired) electrons. The van der Waals surface area contributed by atoms with Crippen molar-refractivity contribution in [3.05, 3.63) is 18.3 Å². The van der Waals surface area contributed by atoms with Crippen LogP contribution < -0.4 is 4.90 Å². The average Bonchev–Trinajstić information content (AvgIpc) is 2.56. The molecule has 0 N–H and O–H groups in total. The lowest BCUT2D eigenvalue weighted by Crippen LogP contribution is -2.49. The van der Waals surface area contributed by atoms with E-state index in [1.165, 1.54) is 10.5 Å². The van der Waals surface area contributed by atoms with Crippen LogP contribution in [0.2, 0.25) is 0 Å². The molecule has 1 aliphatic heterocycles. The van der Waals surface area contributed by atoms with E-state index in [1.807, 2.05) is 19.9 Å². The lowest BCUT2D eigenvalue weighted by molar-refractivity contribution is 0.209. The van der Waals surface area contributed by atoms with E-state index in [4.69, 9.17) is 0 Å². The first-order valence-corrected chi connectivity index (χ1v) is 9.79. The van der Waals surface area contributed by atoms with Gasteiger partial charge in [0.15, 0.2) is 0 Å². The SMILES string of the molecule is CCN(CC)S(=O)(=O)c1ccc(N2CCN(C(C)C)CC2)nc1. The summed E-state index contributed by atoms with van der Waals surface area (Å²) in [6.07, 6.45) is 1.48. The minimum Gasteiger partial charge on any atom is -0.354 e. The van der Waals surface area contributed by atoms with Crippen LogP contribution in [-0.4, -0.2) is 67.9 Å². The van der Waals surface area contributed by atoms with Crippen molar-refractivity contribution in [1.82, 2.24) is 14.2 Å². The van der Waals surface area contributed by atoms with E-state index >= 15 is 0 Å². The maximum atomic E-state index is 12.5. The summed E-state index contributed by atoms with van der Waals surface area (Å²) in [6, 6.07) is 4.05. The summed E-state index contributed by atoms with van der Waals surface area (Å²) in [5.74, 6) is 0.854. The Balaban J connectivity index is 2.09. The van der Waals surface area contributed by atoms with Gasteiger partial charge in [0, 0.05) is 51.5 Å². The van der Waals surface area contributed by atoms with Crippen LogP contribution in [0.25, 0.3) is 0 Å². The number of aromatic nitrogens is 1. The first kappa shape index (κ1) is 18.2. The Morgan fingerprint density at radius 2 is 1.74 bits per heavy atom. The van der Waals surface area contributed by atoms with Gasteiger partial charge in [-0.1, -0.05) is 13.8 Å². The monoisotopic (exact) mass is 340 g/mol. The number of anilines is 1. The van der Waals surface area contributed by atoms with Crippen LogP contribution in [0, 0.1) is 0 Å². The number of piperazine rings is 1. The summed E-state index contributed by atoms with van der Waals surface area (Å²) in [4.78, 5) is 9.32. The molecule has 1 aromatic heterocycles. The summed E-state index contributed by atoms with van der Waals surface area (Å²) < 4.78 is 26.4. The molecule has 0 bridgehead atoms. The van der Waals surface area contributed by atoms with Crippen molar-refractivity contribution in [3.8, 4) is 0 Å². The smallest absolute Gasteiger partial charge is 0.244 e. The van der Waals surface area contributed by atoms with Gasteiger partial charge in [-0.15, -0.1) is 0 Å². The van der Waals surface area contributed by atoms with Crippen molar-refractivity contribution in [1.29, 1.82) is 0 Å². The largest absolute Gasteiger partial charge is 0.354 e. The fourth-order valence-electron chi connectivity index (χ4n) is 2.89. The zero-order chi connectivity index (χ0) is 17.0. The number of hydrogen-bond donors (Lipinski definition) is 0. The summed E-state index contributed by atoms with van der Waals surface area (Å²) in [6.45, 7) is 12.9. The second-order valence-electron chi connectivity index (χ2n) is 6.06. The maximum absolute atomic E-state index is 12.5. The van der Waals surface area contributed by atoms with Gasteiger partial charge in [0.25, 0.3) is 0 Å². The van der Waals surface area contributed by atoms with E-state index in [9.17, 15) is 8.42 Å². The van der Waals surface area contributed by atoms with Gasteiger partial charge in [-0.25, -0.2) is 13.4 Å². The Kier molecular flexibility index (Phi) is 6.00. The van der Waals surface area contributed by atoms with Crippen molar-refractivity contribution in [2.45, 2.75) is 38.6 Å². The fourth-order valence-corrected chi connectivity index (χ4v) is 4.30. The predicted molar refractivity (Wildman–Crippen MR) is 93.3 cm³/mol. The van der Waals surface area contributed by atoms with Gasteiger partial charge in [0.05, 0.1) is 0 Å². The summed E-state index contributed by atoms with van der Waals surface area (Å²) in [5, 5.41) is 0. The number of pyridine rings is 1. The molecule has 23 heavy (non-hydrogen) atoms. The highest BCUT2D eigenvalue weighted by Crippen LogP contribution is 2.19. The Bertz CT molecular complexity index is 589. The first-order valence-electron chi connectivity index (χ1n) is 8.35. The second-order valence-corrected chi connectivity index (χ2v) is 8.00. The minimum atomic E-state index is -3.42. The maximum Gasteiger partial charge on any atom is 0.244 e. The third kappa shape index (κ3) is 4.02. The molecule has 6 nitrogen and oxygen atoms in total. The molecule has 2 heterocycles. The van der Waals surface area contributed by atoms with Gasteiger partial charge in [0.1, 0.15) is 10.7 Å². The lowest BCUT2D eigenvalue weighted by Gasteiger charge is -2.37. The number of nitrogens with zero attached hydrogens (tertiary/aromatic N) is 4. The molecular weight excluding hydrogens is 312 g/mol. The van der Waals surface area contributed by atoms with Crippen LogP contribution in [0.1, 0.15) is 27.7 Å². The molecule has 1 saturated heterocycles. The zero-order valence-corrected chi connectivity index (χ0v) is 15.4. The molecular formula is C16H28N4O2S. The van der Waals surface area contributed by atoms with Crippen molar-refractivity contribution in [3.63, 3.8) is 0 Å². The molecule has 130 valence electrons. The molecule has 0 saturated carbocycles. The van der Waals surface area contributed by atoms with Gasteiger partial charge < -0.3 is 4.90 Å². The number of rotatable bonds is 6. The minimum absolute atomic E-state index is 0.269. The molecule has 0 atom stereocenters.